The number of imidazole rings is 1. The Bertz CT molecular complexity index is 422. The van der Waals surface area contributed by atoms with Gasteiger partial charge in [-0.15, -0.1) is 17.0 Å². The Morgan fingerprint density at radius 3 is 2.86 bits per heavy atom. The Morgan fingerprint density at radius 1 is 1.43 bits per heavy atom. The number of fused-ring (bicyclic) bond motifs is 1. The van der Waals surface area contributed by atoms with Gasteiger partial charge in [-0.3, -0.25) is 0 Å². The highest BCUT2D eigenvalue weighted by atomic mass is 79.9. The van der Waals surface area contributed by atoms with Crippen LogP contribution in [0.5, 0.6) is 0 Å². The minimum absolute atomic E-state index is 0. The predicted octanol–water partition coefficient (Wildman–Crippen LogP) is 1.72. The van der Waals surface area contributed by atoms with Gasteiger partial charge in [-0.2, -0.15) is 0 Å². The number of aryl methyl sites for hydroxylation is 1. The molecule has 2 N–H and O–H groups in total. The zero-order chi connectivity index (χ0) is 9.26. The number of nitrogens with zero attached hydrogens (tertiary/aromatic N) is 2. The van der Waals surface area contributed by atoms with E-state index < -0.39 is 0 Å². The lowest BCUT2D eigenvalue weighted by molar-refractivity contribution is 0.936. The molecule has 76 valence electrons. The Kier molecular flexibility index (Phi) is 3.66. The molecular formula is C10H14BrN3. The van der Waals surface area contributed by atoms with E-state index >= 15 is 0 Å². The van der Waals surface area contributed by atoms with Gasteiger partial charge < -0.3 is 10.1 Å². The maximum absolute atomic E-state index is 5.47. The van der Waals surface area contributed by atoms with Crippen LogP contribution >= 0.6 is 17.0 Å². The monoisotopic (exact) mass is 255 g/mol. The van der Waals surface area contributed by atoms with Crippen molar-refractivity contribution in [1.82, 2.24) is 9.38 Å². The van der Waals surface area contributed by atoms with Crippen LogP contribution in [0, 0.1) is 6.92 Å². The number of hydrogen-bond acceptors (Lipinski definition) is 2. The van der Waals surface area contributed by atoms with E-state index in [2.05, 4.69) is 28.6 Å². The van der Waals surface area contributed by atoms with E-state index in [-0.39, 0.29) is 17.0 Å². The molecule has 0 saturated heterocycles. The summed E-state index contributed by atoms with van der Waals surface area (Å²) in [6.07, 6.45) is 2.90. The average molecular weight is 256 g/mol. The summed E-state index contributed by atoms with van der Waals surface area (Å²) in [5.74, 6) is 0. The molecule has 0 bridgehead atoms. The lowest BCUT2D eigenvalue weighted by Crippen LogP contribution is -2.02. The van der Waals surface area contributed by atoms with Gasteiger partial charge in [0.2, 0.25) is 0 Å². The second kappa shape index (κ2) is 4.57. The number of halogens is 1. The van der Waals surface area contributed by atoms with Crippen molar-refractivity contribution >= 4 is 22.6 Å². The van der Waals surface area contributed by atoms with Crippen LogP contribution in [0.25, 0.3) is 5.65 Å². The molecule has 2 aromatic heterocycles. The number of rotatable bonds is 2. The molecule has 3 nitrogen and oxygen atoms in total. The van der Waals surface area contributed by atoms with Crippen molar-refractivity contribution in [2.24, 2.45) is 5.73 Å². The van der Waals surface area contributed by atoms with Crippen LogP contribution in [-0.2, 0) is 6.42 Å². The first-order valence-corrected chi connectivity index (χ1v) is 4.45. The maximum atomic E-state index is 5.47. The Morgan fingerprint density at radius 2 is 2.21 bits per heavy atom. The summed E-state index contributed by atoms with van der Waals surface area (Å²) in [6, 6.07) is 6.10. The summed E-state index contributed by atoms with van der Waals surface area (Å²) in [6.45, 7) is 2.73. The first-order chi connectivity index (χ1) is 6.31. The molecule has 0 aromatic carbocycles. The molecule has 4 heteroatoms. The molecule has 0 amide bonds. The molecule has 0 fully saturated rings. The van der Waals surface area contributed by atoms with Gasteiger partial charge >= 0.3 is 0 Å². The fraction of sp³-hybridized carbons (Fsp3) is 0.300. The molecule has 0 unspecified atom stereocenters. The molecule has 0 saturated carbocycles. The normalized spacial score (nSPS) is 10.1. The van der Waals surface area contributed by atoms with Crippen LogP contribution in [0.4, 0.5) is 0 Å². The number of aromatic nitrogens is 2. The molecule has 2 aromatic rings. The van der Waals surface area contributed by atoms with Gasteiger partial charge in [-0.05, 0) is 25.6 Å². The highest BCUT2D eigenvalue weighted by Crippen LogP contribution is 2.08. The quantitative estimate of drug-likeness (QED) is 0.889. The van der Waals surface area contributed by atoms with Gasteiger partial charge in [0.15, 0.2) is 0 Å². The van der Waals surface area contributed by atoms with Crippen LogP contribution in [0.15, 0.2) is 24.4 Å². The zero-order valence-electron chi connectivity index (χ0n) is 8.10. The van der Waals surface area contributed by atoms with E-state index in [0.29, 0.717) is 6.54 Å². The molecule has 2 rings (SSSR count). The summed E-state index contributed by atoms with van der Waals surface area (Å²) >= 11 is 0. The third kappa shape index (κ3) is 1.96. The molecule has 0 radical (unpaired) electrons. The summed E-state index contributed by atoms with van der Waals surface area (Å²) in [5, 5.41) is 0. The van der Waals surface area contributed by atoms with Gasteiger partial charge in [0.25, 0.3) is 0 Å². The summed E-state index contributed by atoms with van der Waals surface area (Å²) in [5.41, 5.74) is 8.74. The van der Waals surface area contributed by atoms with Crippen molar-refractivity contribution in [3.63, 3.8) is 0 Å². The van der Waals surface area contributed by atoms with Gasteiger partial charge in [-0.25, -0.2) is 4.98 Å². The number of hydrogen-bond donors (Lipinski definition) is 1. The maximum Gasteiger partial charge on any atom is 0.137 e. The lowest BCUT2D eigenvalue weighted by Gasteiger charge is -1.95. The van der Waals surface area contributed by atoms with Crippen LogP contribution in [-0.4, -0.2) is 15.9 Å². The standard InChI is InChI=1S/C10H13N3.BrH/c1-8-3-2-4-10-12-9(5-6-11)7-13(8)10;/h2-4,7H,5-6,11H2,1H3;1H. The number of pyridine rings is 1. The van der Waals surface area contributed by atoms with Crippen LogP contribution in [0.2, 0.25) is 0 Å². The van der Waals surface area contributed by atoms with E-state index in [9.17, 15) is 0 Å². The second-order valence-corrected chi connectivity index (χ2v) is 3.17. The molecule has 0 aliphatic rings. The fourth-order valence-corrected chi connectivity index (χ4v) is 1.47. The van der Waals surface area contributed by atoms with Gasteiger partial charge in [0.05, 0.1) is 5.69 Å². The number of nitrogens with two attached hydrogens (primary N) is 1. The molecule has 14 heavy (non-hydrogen) atoms. The second-order valence-electron chi connectivity index (χ2n) is 3.17. The van der Waals surface area contributed by atoms with Crippen LogP contribution in [0.1, 0.15) is 11.4 Å². The first-order valence-electron chi connectivity index (χ1n) is 4.45. The van der Waals surface area contributed by atoms with Crippen molar-refractivity contribution in [2.45, 2.75) is 13.3 Å². The SMILES string of the molecule is Br.Cc1cccc2nc(CCN)cn12. The van der Waals surface area contributed by atoms with E-state index in [1.807, 2.05) is 12.1 Å². The van der Waals surface area contributed by atoms with Gasteiger partial charge in [0.1, 0.15) is 5.65 Å². The van der Waals surface area contributed by atoms with E-state index in [0.717, 1.165) is 17.8 Å². The van der Waals surface area contributed by atoms with Crippen molar-refractivity contribution in [3.8, 4) is 0 Å². The van der Waals surface area contributed by atoms with Gasteiger partial charge in [-0.1, -0.05) is 6.07 Å². The minimum Gasteiger partial charge on any atom is -0.330 e. The third-order valence-electron chi connectivity index (χ3n) is 2.15. The molecule has 0 aliphatic carbocycles. The first kappa shape index (κ1) is 11.2. The third-order valence-corrected chi connectivity index (χ3v) is 2.15. The zero-order valence-corrected chi connectivity index (χ0v) is 9.82. The van der Waals surface area contributed by atoms with Crippen molar-refractivity contribution in [3.05, 3.63) is 35.8 Å². The molecule has 0 spiro atoms. The smallest absolute Gasteiger partial charge is 0.137 e. The molecule has 0 atom stereocenters. The Labute approximate surface area is 93.7 Å². The molecule has 0 aliphatic heterocycles. The topological polar surface area (TPSA) is 43.3 Å². The largest absolute Gasteiger partial charge is 0.330 e. The van der Waals surface area contributed by atoms with Crippen molar-refractivity contribution in [2.75, 3.05) is 6.54 Å². The Hall–Kier alpha value is -0.870. The summed E-state index contributed by atoms with van der Waals surface area (Å²) in [7, 11) is 0. The van der Waals surface area contributed by atoms with E-state index in [1.54, 1.807) is 0 Å². The van der Waals surface area contributed by atoms with Crippen molar-refractivity contribution < 1.29 is 0 Å². The highest BCUT2D eigenvalue weighted by Gasteiger charge is 2.00. The molecular weight excluding hydrogens is 242 g/mol. The molecule has 2 heterocycles. The van der Waals surface area contributed by atoms with Crippen molar-refractivity contribution in [1.29, 1.82) is 0 Å². The van der Waals surface area contributed by atoms with Gasteiger partial charge in [0, 0.05) is 18.3 Å². The van der Waals surface area contributed by atoms with Crippen LogP contribution < -0.4 is 5.73 Å². The summed E-state index contributed by atoms with van der Waals surface area (Å²) < 4.78 is 2.09. The van der Waals surface area contributed by atoms with E-state index in [1.165, 1.54) is 5.69 Å². The Balaban J connectivity index is 0.000000980. The minimum atomic E-state index is 0. The summed E-state index contributed by atoms with van der Waals surface area (Å²) in [4.78, 5) is 4.45. The lowest BCUT2D eigenvalue weighted by atomic mass is 10.3. The average Bonchev–Trinajstić information content (AvgIpc) is 2.49. The van der Waals surface area contributed by atoms with E-state index in [4.69, 9.17) is 5.73 Å². The highest BCUT2D eigenvalue weighted by molar-refractivity contribution is 8.93. The van der Waals surface area contributed by atoms with Crippen LogP contribution in [0.3, 0.4) is 0 Å². The predicted molar refractivity (Wildman–Crippen MR) is 63.0 cm³/mol. The fourth-order valence-electron chi connectivity index (χ4n) is 1.47.